The molecule has 88 valence electrons. The van der Waals surface area contributed by atoms with Gasteiger partial charge in [-0.05, 0) is 41.1 Å². The molecular formula is C10H14IN3O2. The summed E-state index contributed by atoms with van der Waals surface area (Å²) in [6.45, 7) is 2.69. The van der Waals surface area contributed by atoms with Gasteiger partial charge < -0.3 is 11.1 Å². The molecule has 1 aromatic rings. The van der Waals surface area contributed by atoms with Gasteiger partial charge in [-0.3, -0.25) is 10.1 Å². The van der Waals surface area contributed by atoms with Gasteiger partial charge in [0.05, 0.1) is 8.49 Å². The highest BCUT2D eigenvalue weighted by atomic mass is 127. The second kappa shape index (κ2) is 6.00. The molecule has 0 saturated carbocycles. The first-order chi connectivity index (χ1) is 7.54. The highest BCUT2D eigenvalue weighted by molar-refractivity contribution is 14.1. The zero-order valence-corrected chi connectivity index (χ0v) is 11.1. The number of rotatable bonds is 5. The SMILES string of the molecule is CCC(N)CNc1ccc([N+](=O)[O-])c(I)c1. The standard InChI is InChI=1S/C10H14IN3O2/c1-2-7(12)6-13-8-3-4-10(14(15)16)9(11)5-8/h3-5,7,13H,2,6,12H2,1H3. The summed E-state index contributed by atoms with van der Waals surface area (Å²) in [6, 6.07) is 5.05. The normalized spacial score (nSPS) is 12.2. The lowest BCUT2D eigenvalue weighted by molar-refractivity contribution is -0.385. The molecule has 16 heavy (non-hydrogen) atoms. The summed E-state index contributed by atoms with van der Waals surface area (Å²) in [6.07, 6.45) is 0.900. The van der Waals surface area contributed by atoms with Crippen molar-refractivity contribution in [3.05, 3.63) is 31.9 Å². The monoisotopic (exact) mass is 335 g/mol. The number of nitrogens with two attached hydrogens (primary N) is 1. The molecule has 0 fully saturated rings. The van der Waals surface area contributed by atoms with E-state index in [0.717, 1.165) is 12.1 Å². The van der Waals surface area contributed by atoms with Gasteiger partial charge in [0.15, 0.2) is 0 Å². The van der Waals surface area contributed by atoms with E-state index < -0.39 is 0 Å². The van der Waals surface area contributed by atoms with Crippen LogP contribution in [0.25, 0.3) is 0 Å². The second-order valence-electron chi connectivity index (χ2n) is 3.47. The number of nitro groups is 1. The topological polar surface area (TPSA) is 81.2 Å². The third kappa shape index (κ3) is 3.60. The van der Waals surface area contributed by atoms with Crippen molar-refractivity contribution in [1.29, 1.82) is 0 Å². The van der Waals surface area contributed by atoms with Gasteiger partial charge in [0.1, 0.15) is 0 Å². The molecule has 1 unspecified atom stereocenters. The van der Waals surface area contributed by atoms with Crippen LogP contribution in [0.15, 0.2) is 18.2 Å². The largest absolute Gasteiger partial charge is 0.383 e. The molecule has 1 rings (SSSR count). The van der Waals surface area contributed by atoms with Gasteiger partial charge in [-0.1, -0.05) is 6.92 Å². The van der Waals surface area contributed by atoms with Crippen LogP contribution >= 0.6 is 22.6 Å². The number of halogens is 1. The van der Waals surface area contributed by atoms with Crippen LogP contribution in [0, 0.1) is 13.7 Å². The molecule has 0 aromatic heterocycles. The van der Waals surface area contributed by atoms with E-state index in [1.54, 1.807) is 12.1 Å². The van der Waals surface area contributed by atoms with E-state index >= 15 is 0 Å². The van der Waals surface area contributed by atoms with Crippen molar-refractivity contribution >= 4 is 34.0 Å². The molecule has 0 aliphatic heterocycles. The Bertz CT molecular complexity index is 384. The van der Waals surface area contributed by atoms with Gasteiger partial charge in [0, 0.05) is 24.3 Å². The first-order valence-corrected chi connectivity index (χ1v) is 6.06. The molecule has 5 nitrogen and oxygen atoms in total. The Hall–Kier alpha value is -0.890. The molecule has 0 saturated heterocycles. The number of hydrogen-bond donors (Lipinski definition) is 2. The maximum absolute atomic E-state index is 10.6. The minimum absolute atomic E-state index is 0.104. The molecule has 1 atom stereocenters. The van der Waals surface area contributed by atoms with Crippen LogP contribution in [-0.4, -0.2) is 17.5 Å². The summed E-state index contributed by atoms with van der Waals surface area (Å²) >= 11 is 1.95. The average molecular weight is 335 g/mol. The quantitative estimate of drug-likeness (QED) is 0.492. The minimum atomic E-state index is -0.386. The molecule has 1 aromatic carbocycles. The maximum atomic E-state index is 10.6. The van der Waals surface area contributed by atoms with Crippen LogP contribution in [-0.2, 0) is 0 Å². The third-order valence-corrected chi connectivity index (χ3v) is 3.10. The van der Waals surface area contributed by atoms with Crippen molar-refractivity contribution in [2.75, 3.05) is 11.9 Å². The van der Waals surface area contributed by atoms with Crippen molar-refractivity contribution in [2.45, 2.75) is 19.4 Å². The van der Waals surface area contributed by atoms with Crippen molar-refractivity contribution in [3.63, 3.8) is 0 Å². The zero-order chi connectivity index (χ0) is 12.1. The molecule has 3 N–H and O–H groups in total. The first-order valence-electron chi connectivity index (χ1n) is 4.98. The molecule has 0 aliphatic carbocycles. The summed E-state index contributed by atoms with van der Waals surface area (Å²) in [4.78, 5) is 10.2. The van der Waals surface area contributed by atoms with Gasteiger partial charge in [0.25, 0.3) is 5.69 Å². The summed E-state index contributed by atoms with van der Waals surface area (Å²) in [5, 5.41) is 13.8. The number of hydrogen-bond acceptors (Lipinski definition) is 4. The van der Waals surface area contributed by atoms with E-state index in [0.29, 0.717) is 10.1 Å². The fraction of sp³-hybridized carbons (Fsp3) is 0.400. The highest BCUT2D eigenvalue weighted by Crippen LogP contribution is 2.23. The lowest BCUT2D eigenvalue weighted by Crippen LogP contribution is -2.27. The molecule has 0 heterocycles. The van der Waals surface area contributed by atoms with Crippen molar-refractivity contribution in [2.24, 2.45) is 5.73 Å². The predicted molar refractivity (Wildman–Crippen MR) is 72.6 cm³/mol. The van der Waals surface area contributed by atoms with Crippen LogP contribution in [0.4, 0.5) is 11.4 Å². The van der Waals surface area contributed by atoms with Crippen molar-refractivity contribution in [1.82, 2.24) is 0 Å². The van der Waals surface area contributed by atoms with E-state index in [1.807, 2.05) is 29.5 Å². The molecule has 0 amide bonds. The lowest BCUT2D eigenvalue weighted by Gasteiger charge is -2.11. The van der Waals surface area contributed by atoms with Crippen LogP contribution in [0.5, 0.6) is 0 Å². The van der Waals surface area contributed by atoms with Crippen LogP contribution in [0.1, 0.15) is 13.3 Å². The Morgan fingerprint density at radius 3 is 2.81 bits per heavy atom. The van der Waals surface area contributed by atoms with Crippen molar-refractivity contribution in [3.8, 4) is 0 Å². The smallest absolute Gasteiger partial charge is 0.282 e. The average Bonchev–Trinajstić information content (AvgIpc) is 2.25. The van der Waals surface area contributed by atoms with Gasteiger partial charge in [-0.15, -0.1) is 0 Å². The second-order valence-corrected chi connectivity index (χ2v) is 4.63. The fourth-order valence-corrected chi connectivity index (χ4v) is 1.87. The Morgan fingerprint density at radius 1 is 1.62 bits per heavy atom. The Morgan fingerprint density at radius 2 is 2.31 bits per heavy atom. The lowest BCUT2D eigenvalue weighted by atomic mass is 10.2. The van der Waals surface area contributed by atoms with Gasteiger partial charge in [0.2, 0.25) is 0 Å². The minimum Gasteiger partial charge on any atom is -0.383 e. The van der Waals surface area contributed by atoms with E-state index in [1.165, 1.54) is 6.07 Å². The molecular weight excluding hydrogens is 321 g/mol. The summed E-state index contributed by atoms with van der Waals surface area (Å²) in [7, 11) is 0. The fourth-order valence-electron chi connectivity index (χ4n) is 1.16. The zero-order valence-electron chi connectivity index (χ0n) is 8.94. The number of benzene rings is 1. The van der Waals surface area contributed by atoms with E-state index in [4.69, 9.17) is 5.73 Å². The van der Waals surface area contributed by atoms with E-state index in [2.05, 4.69) is 5.32 Å². The summed E-state index contributed by atoms with van der Waals surface area (Å²) in [5.74, 6) is 0. The number of anilines is 1. The van der Waals surface area contributed by atoms with Crippen molar-refractivity contribution < 1.29 is 4.92 Å². The molecule has 6 heteroatoms. The van der Waals surface area contributed by atoms with Crippen LogP contribution < -0.4 is 11.1 Å². The Labute approximate surface area is 108 Å². The van der Waals surface area contributed by atoms with E-state index in [9.17, 15) is 10.1 Å². The molecule has 0 aliphatic rings. The summed E-state index contributed by atoms with van der Waals surface area (Å²) < 4.78 is 0.623. The van der Waals surface area contributed by atoms with Crippen LogP contribution in [0.2, 0.25) is 0 Å². The molecule has 0 radical (unpaired) electrons. The highest BCUT2D eigenvalue weighted by Gasteiger charge is 2.11. The van der Waals surface area contributed by atoms with Gasteiger partial charge >= 0.3 is 0 Å². The molecule has 0 spiro atoms. The van der Waals surface area contributed by atoms with Gasteiger partial charge in [-0.2, -0.15) is 0 Å². The Balaban J connectivity index is 2.70. The van der Waals surface area contributed by atoms with Crippen LogP contribution in [0.3, 0.4) is 0 Å². The maximum Gasteiger partial charge on any atom is 0.282 e. The molecule has 0 bridgehead atoms. The number of nitrogens with zero attached hydrogens (tertiary/aromatic N) is 1. The first kappa shape index (κ1) is 13.2. The number of nitro benzene ring substituents is 1. The number of nitrogens with one attached hydrogen (secondary N) is 1. The Kier molecular flexibility index (Phi) is 4.94. The van der Waals surface area contributed by atoms with Gasteiger partial charge in [-0.25, -0.2) is 0 Å². The predicted octanol–water partition coefficient (Wildman–Crippen LogP) is 2.35. The summed E-state index contributed by atoms with van der Waals surface area (Å²) in [5.41, 5.74) is 6.75. The van der Waals surface area contributed by atoms with E-state index in [-0.39, 0.29) is 16.7 Å². The third-order valence-electron chi connectivity index (χ3n) is 2.24.